The van der Waals surface area contributed by atoms with Crippen LogP contribution in [0, 0.1) is 5.92 Å². The Hall–Kier alpha value is -1.10. The molecule has 4 N–H and O–H groups in total. The molecule has 0 spiro atoms. The minimum atomic E-state index is -0.542. The highest BCUT2D eigenvalue weighted by Crippen LogP contribution is 2.04. The van der Waals surface area contributed by atoms with Crippen LogP contribution in [-0.4, -0.2) is 30.4 Å². The third-order valence-electron chi connectivity index (χ3n) is 2.62. The molecule has 86 valence electrons. The minimum Gasteiger partial charge on any atom is -0.354 e. The summed E-state index contributed by atoms with van der Waals surface area (Å²) in [5, 5.41) is 5.38. The van der Waals surface area contributed by atoms with Gasteiger partial charge in [0.15, 0.2) is 0 Å². The van der Waals surface area contributed by atoms with E-state index in [0.29, 0.717) is 13.0 Å². The maximum atomic E-state index is 11.6. The van der Waals surface area contributed by atoms with E-state index in [1.54, 1.807) is 0 Å². The molecule has 1 aliphatic heterocycles. The smallest absolute Gasteiger partial charge is 0.242 e. The number of nitrogens with one attached hydrogen (secondary N) is 2. The Morgan fingerprint density at radius 2 is 2.27 bits per heavy atom. The van der Waals surface area contributed by atoms with Gasteiger partial charge in [0.1, 0.15) is 6.04 Å². The second kappa shape index (κ2) is 5.11. The Bertz CT molecular complexity index is 253. The fourth-order valence-corrected chi connectivity index (χ4v) is 1.48. The van der Waals surface area contributed by atoms with Gasteiger partial charge in [0.05, 0.1) is 6.04 Å². The molecule has 5 heteroatoms. The lowest BCUT2D eigenvalue weighted by Crippen LogP contribution is -2.54. The molecule has 0 aromatic heterocycles. The van der Waals surface area contributed by atoms with Gasteiger partial charge in [-0.3, -0.25) is 9.59 Å². The highest BCUT2D eigenvalue weighted by molar-refractivity contribution is 5.90. The average Bonchev–Trinajstić information content (AvgIpc) is 2.20. The molecule has 0 aromatic carbocycles. The zero-order chi connectivity index (χ0) is 11.4. The Kier molecular flexibility index (Phi) is 4.08. The highest BCUT2D eigenvalue weighted by Gasteiger charge is 2.26. The molecule has 5 nitrogen and oxygen atoms in total. The van der Waals surface area contributed by atoms with E-state index in [-0.39, 0.29) is 17.7 Å². The Labute approximate surface area is 89.8 Å². The zero-order valence-electron chi connectivity index (χ0n) is 9.25. The maximum Gasteiger partial charge on any atom is 0.242 e. The summed E-state index contributed by atoms with van der Waals surface area (Å²) in [4.78, 5) is 22.9. The van der Waals surface area contributed by atoms with Crippen LogP contribution < -0.4 is 16.4 Å². The van der Waals surface area contributed by atoms with Gasteiger partial charge in [0.25, 0.3) is 0 Å². The largest absolute Gasteiger partial charge is 0.354 e. The molecule has 1 aliphatic rings. The molecular formula is C10H19N3O2. The number of hydrogen-bond donors (Lipinski definition) is 3. The van der Waals surface area contributed by atoms with E-state index in [2.05, 4.69) is 10.6 Å². The quantitative estimate of drug-likeness (QED) is 0.583. The van der Waals surface area contributed by atoms with Crippen molar-refractivity contribution in [1.82, 2.24) is 10.6 Å². The summed E-state index contributed by atoms with van der Waals surface area (Å²) in [6.07, 6.45) is 1.59. The SMILES string of the molecule is CC(C)[C@H](N)C(=O)NC1CCCNC1=O. The molecule has 0 bridgehead atoms. The second-order valence-corrected chi connectivity index (χ2v) is 4.26. The first-order chi connectivity index (χ1) is 7.02. The highest BCUT2D eigenvalue weighted by atomic mass is 16.2. The number of hydrogen-bond acceptors (Lipinski definition) is 3. The van der Waals surface area contributed by atoms with Crippen LogP contribution in [0.1, 0.15) is 26.7 Å². The Morgan fingerprint density at radius 1 is 1.60 bits per heavy atom. The van der Waals surface area contributed by atoms with Gasteiger partial charge in [-0.05, 0) is 18.8 Å². The van der Waals surface area contributed by atoms with Gasteiger partial charge in [-0.15, -0.1) is 0 Å². The van der Waals surface area contributed by atoms with Crippen molar-refractivity contribution in [2.24, 2.45) is 11.7 Å². The molecule has 2 atom stereocenters. The minimum absolute atomic E-state index is 0.0802. The van der Waals surface area contributed by atoms with E-state index in [1.807, 2.05) is 13.8 Å². The van der Waals surface area contributed by atoms with Crippen molar-refractivity contribution in [1.29, 1.82) is 0 Å². The van der Waals surface area contributed by atoms with Crippen LogP contribution in [0.4, 0.5) is 0 Å². The maximum absolute atomic E-state index is 11.6. The predicted octanol–water partition coefficient (Wildman–Crippen LogP) is -0.635. The van der Waals surface area contributed by atoms with E-state index in [4.69, 9.17) is 5.73 Å². The Morgan fingerprint density at radius 3 is 2.80 bits per heavy atom. The van der Waals surface area contributed by atoms with E-state index >= 15 is 0 Å². The van der Waals surface area contributed by atoms with Crippen LogP contribution in [0.25, 0.3) is 0 Å². The average molecular weight is 213 g/mol. The van der Waals surface area contributed by atoms with Gasteiger partial charge in [0, 0.05) is 6.54 Å². The normalized spacial score (nSPS) is 23.5. The second-order valence-electron chi connectivity index (χ2n) is 4.26. The number of rotatable bonds is 3. The summed E-state index contributed by atoms with van der Waals surface area (Å²) in [6.45, 7) is 4.46. The van der Waals surface area contributed by atoms with Crippen LogP contribution >= 0.6 is 0 Å². The van der Waals surface area contributed by atoms with Gasteiger partial charge < -0.3 is 16.4 Å². The van der Waals surface area contributed by atoms with E-state index in [9.17, 15) is 9.59 Å². The summed E-state index contributed by atoms with van der Waals surface area (Å²) in [6, 6.07) is -0.948. The lowest BCUT2D eigenvalue weighted by Gasteiger charge is -2.25. The number of nitrogens with two attached hydrogens (primary N) is 1. The topological polar surface area (TPSA) is 84.2 Å². The molecule has 0 aliphatic carbocycles. The molecule has 1 unspecified atom stereocenters. The molecular weight excluding hydrogens is 194 g/mol. The summed E-state index contributed by atoms with van der Waals surface area (Å²) >= 11 is 0. The predicted molar refractivity (Wildman–Crippen MR) is 57.0 cm³/mol. The van der Waals surface area contributed by atoms with Crippen molar-refractivity contribution in [2.75, 3.05) is 6.54 Å². The van der Waals surface area contributed by atoms with Crippen molar-refractivity contribution in [2.45, 2.75) is 38.8 Å². The summed E-state index contributed by atoms with van der Waals surface area (Å²) in [7, 11) is 0. The third kappa shape index (κ3) is 3.20. The van der Waals surface area contributed by atoms with Gasteiger partial charge in [-0.25, -0.2) is 0 Å². The number of carbonyl (C=O) groups is 2. The van der Waals surface area contributed by atoms with Crippen LogP contribution in [0.3, 0.4) is 0 Å². The van der Waals surface area contributed by atoms with E-state index in [0.717, 1.165) is 6.42 Å². The van der Waals surface area contributed by atoms with E-state index < -0.39 is 12.1 Å². The van der Waals surface area contributed by atoms with Crippen molar-refractivity contribution >= 4 is 11.8 Å². The van der Waals surface area contributed by atoms with Crippen LogP contribution in [0.15, 0.2) is 0 Å². The first-order valence-corrected chi connectivity index (χ1v) is 5.36. The number of carbonyl (C=O) groups excluding carboxylic acids is 2. The molecule has 1 saturated heterocycles. The fraction of sp³-hybridized carbons (Fsp3) is 0.800. The molecule has 15 heavy (non-hydrogen) atoms. The number of piperidine rings is 1. The summed E-state index contributed by atoms with van der Waals surface area (Å²) in [5.74, 6) is -0.269. The monoisotopic (exact) mass is 213 g/mol. The van der Waals surface area contributed by atoms with Crippen molar-refractivity contribution < 1.29 is 9.59 Å². The molecule has 1 fully saturated rings. The van der Waals surface area contributed by atoms with Gasteiger partial charge >= 0.3 is 0 Å². The van der Waals surface area contributed by atoms with Gasteiger partial charge in [-0.2, -0.15) is 0 Å². The first-order valence-electron chi connectivity index (χ1n) is 5.36. The molecule has 1 heterocycles. The Balaban J connectivity index is 2.46. The van der Waals surface area contributed by atoms with Crippen molar-refractivity contribution in [3.05, 3.63) is 0 Å². The lowest BCUT2D eigenvalue weighted by atomic mass is 10.0. The fourth-order valence-electron chi connectivity index (χ4n) is 1.48. The number of amides is 2. The van der Waals surface area contributed by atoms with Crippen molar-refractivity contribution in [3.63, 3.8) is 0 Å². The van der Waals surface area contributed by atoms with Gasteiger partial charge in [-0.1, -0.05) is 13.8 Å². The van der Waals surface area contributed by atoms with Gasteiger partial charge in [0.2, 0.25) is 11.8 Å². The van der Waals surface area contributed by atoms with Crippen LogP contribution in [0.5, 0.6) is 0 Å². The molecule has 2 amide bonds. The molecule has 0 saturated carbocycles. The molecule has 0 aromatic rings. The van der Waals surface area contributed by atoms with Crippen molar-refractivity contribution in [3.8, 4) is 0 Å². The molecule has 1 rings (SSSR count). The molecule has 0 radical (unpaired) electrons. The lowest BCUT2D eigenvalue weighted by molar-refractivity contribution is -0.131. The van der Waals surface area contributed by atoms with Crippen LogP contribution in [0.2, 0.25) is 0 Å². The standard InChI is InChI=1S/C10H19N3O2/c1-6(2)8(11)10(15)13-7-4-3-5-12-9(7)14/h6-8H,3-5,11H2,1-2H3,(H,12,14)(H,13,15)/t7?,8-/m0/s1. The first kappa shape index (κ1) is 12.0. The summed E-state index contributed by atoms with van der Waals surface area (Å²) in [5.41, 5.74) is 5.68. The van der Waals surface area contributed by atoms with E-state index in [1.165, 1.54) is 0 Å². The van der Waals surface area contributed by atoms with Crippen LogP contribution in [-0.2, 0) is 9.59 Å². The zero-order valence-corrected chi connectivity index (χ0v) is 9.25. The summed E-state index contributed by atoms with van der Waals surface area (Å²) < 4.78 is 0. The third-order valence-corrected chi connectivity index (χ3v) is 2.62.